The second-order valence-corrected chi connectivity index (χ2v) is 5.45. The summed E-state index contributed by atoms with van der Waals surface area (Å²) in [6.07, 6.45) is 0. The second kappa shape index (κ2) is 132. The quantitative estimate of drug-likeness (QED) is 0.116. The number of thiol groups is 2. The summed E-state index contributed by atoms with van der Waals surface area (Å²) < 4.78 is 5.00. The predicted octanol–water partition coefficient (Wildman–Crippen LogP) is 1.84. The summed E-state index contributed by atoms with van der Waals surface area (Å²) in [6.45, 7) is 3.43. The summed E-state index contributed by atoms with van der Waals surface area (Å²) in [5.74, 6) is 0. The van der Waals surface area contributed by atoms with Crippen LogP contribution >= 0.6 is 48.9 Å². The fourth-order valence-electron chi connectivity index (χ4n) is 0. The Labute approximate surface area is 352 Å². The molecule has 0 aromatic rings. The van der Waals surface area contributed by atoms with Crippen LogP contribution < -0.4 is 0 Å². The molecular formula is C9H14Mo3S10Y4-8. The van der Waals surface area contributed by atoms with Crippen LogP contribution in [-0.4, -0.2) is 32.5 Å². The van der Waals surface area contributed by atoms with E-state index in [4.69, 9.17) is 0 Å². The van der Waals surface area contributed by atoms with Crippen LogP contribution in [0.4, 0.5) is 0 Å². The van der Waals surface area contributed by atoms with E-state index in [0.29, 0.717) is 8.39 Å². The average Bonchev–Trinajstić information content (AvgIpc) is 2.36. The first kappa shape index (κ1) is 83.9. The average molecular weight is 1090 g/mol. The van der Waals surface area contributed by atoms with Crippen molar-refractivity contribution >= 4 is 159 Å². The van der Waals surface area contributed by atoms with Crippen molar-refractivity contribution in [2.75, 3.05) is 0 Å². The van der Waals surface area contributed by atoms with Crippen molar-refractivity contribution in [1.29, 1.82) is 0 Å². The summed E-state index contributed by atoms with van der Waals surface area (Å²) in [5, 5.41) is 0. The number of thiocarbonyl (C=S) groups is 4. The molecule has 0 unspecified atom stereocenters. The molecular weight excluding hydrogens is 1070 g/mol. The van der Waals surface area contributed by atoms with E-state index in [2.05, 4.69) is 114 Å². The molecule has 0 saturated heterocycles. The molecule has 0 nitrogen and oxygen atoms in total. The topological polar surface area (TPSA) is 0 Å². The third-order valence-electron chi connectivity index (χ3n) is 0. The molecule has 0 fully saturated rings. The zero-order valence-corrected chi connectivity index (χ0v) is 39.5. The van der Waals surface area contributed by atoms with Gasteiger partial charge in [0.05, 0.1) is 0 Å². The van der Waals surface area contributed by atoms with Gasteiger partial charge >= 0.3 is 72.8 Å². The van der Waals surface area contributed by atoms with Gasteiger partial charge in [0.2, 0.25) is 0 Å². The Morgan fingerprint density at radius 3 is 0.654 bits per heavy atom. The van der Waals surface area contributed by atoms with Crippen molar-refractivity contribution in [3.05, 3.63) is 0 Å². The van der Waals surface area contributed by atoms with E-state index in [-0.39, 0.29) is 158 Å². The molecule has 26 heavy (non-hydrogen) atoms. The van der Waals surface area contributed by atoms with Crippen LogP contribution in [-0.2, 0) is 266 Å². The summed E-state index contributed by atoms with van der Waals surface area (Å²) in [7, 11) is 0. The van der Waals surface area contributed by atoms with Gasteiger partial charge in [-0.1, -0.05) is 13.8 Å². The molecule has 0 aliphatic carbocycles. The molecule has 0 saturated carbocycles. The van der Waals surface area contributed by atoms with E-state index in [1.54, 1.807) is 71.9 Å². The van der Waals surface area contributed by atoms with Gasteiger partial charge in [-0.05, 0) is 0 Å². The van der Waals surface area contributed by atoms with E-state index >= 15 is 0 Å². The van der Waals surface area contributed by atoms with Crippen molar-refractivity contribution in [2.24, 2.45) is 0 Å². The third-order valence-corrected chi connectivity index (χ3v) is 0. The zero-order valence-electron chi connectivity index (χ0n) is 13.8. The molecule has 0 aromatic carbocycles. The van der Waals surface area contributed by atoms with Crippen molar-refractivity contribution < 1.29 is 189 Å². The van der Waals surface area contributed by atoms with Gasteiger partial charge in [0.15, 0.2) is 0 Å². The molecule has 0 heterocycles. The van der Waals surface area contributed by atoms with E-state index in [1.807, 2.05) is 9.40 Å². The molecule has 17 heteroatoms. The number of hydrogen-bond donors (Lipinski definition) is 0. The molecule has 0 amide bonds. The molecule has 0 spiro atoms. The van der Waals surface area contributed by atoms with Crippen LogP contribution in [0.5, 0.6) is 0 Å². The predicted molar refractivity (Wildman–Crippen MR) is 130 cm³/mol. The molecule has 148 valence electrons. The first-order chi connectivity index (χ1) is 9.29. The van der Waals surface area contributed by atoms with E-state index in [1.165, 1.54) is 0 Å². The normalized spacial score (nSPS) is 3.31. The van der Waals surface area contributed by atoms with Gasteiger partial charge in [-0.15, -0.1) is 0 Å². The van der Waals surface area contributed by atoms with Crippen LogP contribution in [0.3, 0.4) is 0 Å². The fourth-order valence-corrected chi connectivity index (χ4v) is 0. The van der Waals surface area contributed by atoms with Crippen LogP contribution in [0.1, 0.15) is 13.8 Å². The van der Waals surface area contributed by atoms with Gasteiger partial charge in [-0.25, -0.2) is 0 Å². The number of rotatable bonds is 0. The van der Waals surface area contributed by atoms with Crippen LogP contribution in [0.25, 0.3) is 0 Å². The van der Waals surface area contributed by atoms with Gasteiger partial charge in [0.25, 0.3) is 0 Å². The summed E-state index contributed by atoms with van der Waals surface area (Å²) in [6, 6.07) is 0. The van der Waals surface area contributed by atoms with Crippen molar-refractivity contribution in [3.63, 3.8) is 0 Å². The molecule has 0 N–H and O–H groups in total. The molecule has 0 aliphatic heterocycles. The molecule has 0 rings (SSSR count). The summed E-state index contributed by atoms with van der Waals surface area (Å²) in [5.41, 5.74) is 0. The van der Waals surface area contributed by atoms with E-state index < -0.39 is 0 Å². The second-order valence-electron chi connectivity index (χ2n) is 1.15. The summed E-state index contributed by atoms with van der Waals surface area (Å²) in [4.78, 5) is 9.78. The standard InChI is InChI=1S/2C2H4S2.2CS2.3CH2.3Mo.2H2S.4Y/c2*1-2(3)4;2*2-1-3;;;;;;;;;;;;/h2*1H3,(H,3,4);;;3*1H2;;;;2*1H2;;;;/q;;2*-2;;;;;;;;;;;;/p-4. The largest absolute Gasteiger partial charge is 0.813 e. The maximum atomic E-state index is 4.35. The fraction of sp³-hybridized carbons (Fsp3) is 0.222. The Hall–Kier alpha value is 8.03. The summed E-state index contributed by atoms with van der Waals surface area (Å²) >= 11 is 38.3. The molecule has 0 aliphatic rings. The Morgan fingerprint density at radius 2 is 0.654 bits per heavy atom. The first-order valence-corrected chi connectivity index (χ1v) is 11.0. The van der Waals surface area contributed by atoms with Gasteiger partial charge in [0, 0.05) is 131 Å². The van der Waals surface area contributed by atoms with Gasteiger partial charge in [-0.3, -0.25) is 0 Å². The molecule has 0 aromatic heterocycles. The Bertz CT molecular complexity index is 189. The maximum absolute atomic E-state index is 4.35. The van der Waals surface area contributed by atoms with E-state index in [9.17, 15) is 0 Å². The minimum absolute atomic E-state index is 0. The van der Waals surface area contributed by atoms with Gasteiger partial charge in [0.1, 0.15) is 0 Å². The number of hydrogen-bond acceptors (Lipinski definition) is 10. The Kier molecular flexibility index (Phi) is 426. The minimum atomic E-state index is 0. The SMILES string of the molecule is CC(=S)[S-].CC(=S)[S-].S=[C-][S-].S=[C-][S-].[CH2]=[Mo].[CH2]=[Mo].[CH2]=[Mo].[SH-].[SH-].[Y].[Y].[Y].[Y]. The van der Waals surface area contributed by atoms with Crippen molar-refractivity contribution in [3.8, 4) is 0 Å². The van der Waals surface area contributed by atoms with Gasteiger partial charge in [-0.2, -0.15) is 8.39 Å². The molecule has 4 radical (unpaired) electrons. The molecule has 0 atom stereocenters. The first-order valence-electron chi connectivity index (χ1n) is 3.50. The van der Waals surface area contributed by atoms with Crippen LogP contribution in [0.15, 0.2) is 0 Å². The Morgan fingerprint density at radius 1 is 0.654 bits per heavy atom. The van der Waals surface area contributed by atoms with E-state index in [0.717, 1.165) is 0 Å². The minimum Gasteiger partial charge on any atom is -0.813 e. The van der Waals surface area contributed by atoms with Crippen LogP contribution in [0, 0.1) is 0 Å². The van der Waals surface area contributed by atoms with Gasteiger partial charge < -0.3 is 136 Å². The maximum Gasteiger partial charge on any atom is 0 e. The zero-order chi connectivity index (χ0) is 18.6. The smallest absolute Gasteiger partial charge is 0 e. The third kappa shape index (κ3) is 478. The van der Waals surface area contributed by atoms with Crippen molar-refractivity contribution in [2.45, 2.75) is 13.8 Å². The molecule has 0 bridgehead atoms. The monoisotopic (exact) mass is 1090 g/mol. The van der Waals surface area contributed by atoms with Crippen LogP contribution in [0.2, 0.25) is 0 Å². The van der Waals surface area contributed by atoms with Crippen molar-refractivity contribution in [1.82, 2.24) is 0 Å². The Balaban J connectivity index is -0.00000000676.